The molecule has 120 valence electrons. The molecule has 0 aliphatic carbocycles. The topological polar surface area (TPSA) is 29.1 Å². The largest absolute Gasteiger partial charge is 0.355 e. The van der Waals surface area contributed by atoms with Gasteiger partial charge in [0.15, 0.2) is 0 Å². The Morgan fingerprint density at radius 2 is 1.40 bits per heavy atom. The molecule has 0 saturated carbocycles. The minimum Gasteiger partial charge on any atom is -0.355 e. The van der Waals surface area contributed by atoms with Crippen molar-refractivity contribution in [2.75, 3.05) is 5.32 Å². The van der Waals surface area contributed by atoms with Crippen LogP contribution in [-0.4, -0.2) is 6.29 Å². The number of rotatable bonds is 4. The highest BCUT2D eigenvalue weighted by Crippen LogP contribution is 2.36. The van der Waals surface area contributed by atoms with Crippen molar-refractivity contribution in [1.29, 1.82) is 0 Å². The Morgan fingerprint density at radius 1 is 0.680 bits per heavy atom. The van der Waals surface area contributed by atoms with Crippen LogP contribution < -0.4 is 5.32 Å². The third-order valence-electron chi connectivity index (χ3n) is 4.32. The maximum Gasteiger partial charge on any atom is 0.150 e. The van der Waals surface area contributed by atoms with E-state index >= 15 is 0 Å². The van der Waals surface area contributed by atoms with Gasteiger partial charge < -0.3 is 5.32 Å². The lowest BCUT2D eigenvalue weighted by atomic mass is 9.96. The third-order valence-corrected chi connectivity index (χ3v) is 4.32. The summed E-state index contributed by atoms with van der Waals surface area (Å²) in [7, 11) is 0. The van der Waals surface area contributed by atoms with Crippen LogP contribution in [0.25, 0.3) is 21.9 Å². The Kier molecular flexibility index (Phi) is 4.01. The fourth-order valence-electron chi connectivity index (χ4n) is 3.09. The maximum atomic E-state index is 10.8. The highest BCUT2D eigenvalue weighted by molar-refractivity contribution is 6.03. The lowest BCUT2D eigenvalue weighted by molar-refractivity contribution is 0.112. The highest BCUT2D eigenvalue weighted by atomic mass is 16.1. The molecule has 0 heterocycles. The average molecular weight is 323 g/mol. The number of anilines is 2. The van der Waals surface area contributed by atoms with Crippen molar-refractivity contribution in [3.05, 3.63) is 96.6 Å². The van der Waals surface area contributed by atoms with Gasteiger partial charge in [-0.25, -0.2) is 0 Å². The van der Waals surface area contributed by atoms with E-state index in [0.29, 0.717) is 5.56 Å². The summed E-state index contributed by atoms with van der Waals surface area (Å²) in [5.41, 5.74) is 5.03. The minimum atomic E-state index is 0.673. The van der Waals surface area contributed by atoms with Crippen LogP contribution in [0, 0.1) is 0 Å². The van der Waals surface area contributed by atoms with E-state index in [1.165, 1.54) is 21.9 Å². The molecular weight excluding hydrogens is 306 g/mol. The van der Waals surface area contributed by atoms with Crippen molar-refractivity contribution >= 4 is 28.4 Å². The van der Waals surface area contributed by atoms with Gasteiger partial charge in [0.05, 0.1) is 0 Å². The number of nitrogens with one attached hydrogen (secondary N) is 1. The molecule has 25 heavy (non-hydrogen) atoms. The van der Waals surface area contributed by atoms with Crippen molar-refractivity contribution in [3.63, 3.8) is 0 Å². The molecule has 0 unspecified atom stereocenters. The maximum absolute atomic E-state index is 10.8. The predicted octanol–water partition coefficient (Wildman–Crippen LogP) is 6.06. The fourth-order valence-corrected chi connectivity index (χ4v) is 3.09. The van der Waals surface area contributed by atoms with Gasteiger partial charge in [-0.15, -0.1) is 0 Å². The van der Waals surface area contributed by atoms with E-state index in [-0.39, 0.29) is 0 Å². The molecule has 0 atom stereocenters. The number of aldehydes is 1. The Hall–Kier alpha value is -3.39. The van der Waals surface area contributed by atoms with Crippen LogP contribution in [0.4, 0.5) is 11.4 Å². The number of carbonyl (C=O) groups is 1. The zero-order chi connectivity index (χ0) is 17.1. The normalized spacial score (nSPS) is 10.6. The standard InChI is InChI=1S/C23H17NO/c25-16-17-10-13-20(14-11-17)24-22-15-12-18-6-4-5-9-21(18)23(22)19-7-2-1-3-8-19/h1-16,24H. The smallest absolute Gasteiger partial charge is 0.150 e. The first-order valence-corrected chi connectivity index (χ1v) is 8.24. The van der Waals surface area contributed by atoms with E-state index < -0.39 is 0 Å². The Balaban J connectivity index is 1.86. The van der Waals surface area contributed by atoms with E-state index in [9.17, 15) is 4.79 Å². The molecule has 0 bridgehead atoms. The highest BCUT2D eigenvalue weighted by Gasteiger charge is 2.10. The third kappa shape index (κ3) is 3.02. The molecule has 2 nitrogen and oxygen atoms in total. The number of carbonyl (C=O) groups excluding carboxylic acids is 1. The minimum absolute atomic E-state index is 0.673. The number of fused-ring (bicyclic) bond motifs is 1. The second-order valence-corrected chi connectivity index (χ2v) is 5.94. The monoisotopic (exact) mass is 323 g/mol. The molecule has 1 N–H and O–H groups in total. The number of benzene rings is 4. The van der Waals surface area contributed by atoms with Crippen molar-refractivity contribution in [2.45, 2.75) is 0 Å². The summed E-state index contributed by atoms with van der Waals surface area (Å²) in [6, 6.07) is 30.5. The van der Waals surface area contributed by atoms with Crippen molar-refractivity contribution in [3.8, 4) is 11.1 Å². The van der Waals surface area contributed by atoms with Gasteiger partial charge in [0, 0.05) is 22.5 Å². The quantitative estimate of drug-likeness (QED) is 0.462. The molecule has 4 aromatic carbocycles. The summed E-state index contributed by atoms with van der Waals surface area (Å²) in [6.45, 7) is 0. The number of hydrogen-bond acceptors (Lipinski definition) is 2. The van der Waals surface area contributed by atoms with Crippen LogP contribution in [0.3, 0.4) is 0 Å². The van der Waals surface area contributed by atoms with Gasteiger partial charge in [0.2, 0.25) is 0 Å². The summed E-state index contributed by atoms with van der Waals surface area (Å²) >= 11 is 0. The van der Waals surface area contributed by atoms with Gasteiger partial charge in [0.25, 0.3) is 0 Å². The molecule has 0 aliphatic rings. The molecule has 0 fully saturated rings. The molecule has 0 saturated heterocycles. The van der Waals surface area contributed by atoms with E-state index in [4.69, 9.17) is 0 Å². The van der Waals surface area contributed by atoms with Crippen molar-refractivity contribution in [1.82, 2.24) is 0 Å². The van der Waals surface area contributed by atoms with Crippen LogP contribution in [0.1, 0.15) is 10.4 Å². The molecule has 0 amide bonds. The molecule has 4 rings (SSSR count). The van der Waals surface area contributed by atoms with Gasteiger partial charge in [-0.3, -0.25) is 4.79 Å². The second-order valence-electron chi connectivity index (χ2n) is 5.94. The SMILES string of the molecule is O=Cc1ccc(Nc2ccc3ccccc3c2-c2ccccc2)cc1. The molecule has 0 radical (unpaired) electrons. The fraction of sp³-hybridized carbons (Fsp3) is 0. The first kappa shape index (κ1) is 15.2. The second kappa shape index (κ2) is 6.62. The van der Waals surface area contributed by atoms with E-state index in [1.54, 1.807) is 0 Å². The Morgan fingerprint density at radius 3 is 2.16 bits per heavy atom. The summed E-state index contributed by atoms with van der Waals surface area (Å²) in [5.74, 6) is 0. The zero-order valence-corrected chi connectivity index (χ0v) is 13.6. The molecule has 4 aromatic rings. The lowest BCUT2D eigenvalue weighted by Gasteiger charge is -2.15. The predicted molar refractivity (Wildman–Crippen MR) is 104 cm³/mol. The molecule has 2 heteroatoms. The van der Waals surface area contributed by atoms with Crippen molar-refractivity contribution in [2.24, 2.45) is 0 Å². The molecule has 0 aromatic heterocycles. The van der Waals surface area contributed by atoms with Crippen LogP contribution in [0.2, 0.25) is 0 Å². The Labute approximate surface area is 146 Å². The zero-order valence-electron chi connectivity index (χ0n) is 13.6. The lowest BCUT2D eigenvalue weighted by Crippen LogP contribution is -1.95. The van der Waals surface area contributed by atoms with E-state index in [2.05, 4.69) is 66.0 Å². The summed E-state index contributed by atoms with van der Waals surface area (Å²) in [4.78, 5) is 10.8. The van der Waals surface area contributed by atoms with E-state index in [0.717, 1.165) is 17.7 Å². The first-order valence-electron chi connectivity index (χ1n) is 8.24. The van der Waals surface area contributed by atoms with Gasteiger partial charge >= 0.3 is 0 Å². The van der Waals surface area contributed by atoms with Gasteiger partial charge in [0.1, 0.15) is 6.29 Å². The Bertz CT molecular complexity index is 1020. The van der Waals surface area contributed by atoms with Gasteiger partial charge in [-0.2, -0.15) is 0 Å². The van der Waals surface area contributed by atoms with Crippen LogP contribution in [0.5, 0.6) is 0 Å². The van der Waals surface area contributed by atoms with Gasteiger partial charge in [-0.05, 0) is 46.7 Å². The van der Waals surface area contributed by atoms with Crippen LogP contribution in [0.15, 0.2) is 91.0 Å². The van der Waals surface area contributed by atoms with E-state index in [1.807, 2.05) is 30.3 Å². The van der Waals surface area contributed by atoms with Gasteiger partial charge in [-0.1, -0.05) is 60.7 Å². The average Bonchev–Trinajstić information content (AvgIpc) is 2.69. The summed E-state index contributed by atoms with van der Waals surface area (Å²) < 4.78 is 0. The summed E-state index contributed by atoms with van der Waals surface area (Å²) in [5, 5.41) is 5.92. The first-order chi connectivity index (χ1) is 12.3. The molecule has 0 aliphatic heterocycles. The van der Waals surface area contributed by atoms with Crippen molar-refractivity contribution < 1.29 is 4.79 Å². The molecular formula is C23H17NO. The molecule has 0 spiro atoms. The van der Waals surface area contributed by atoms with Crippen LogP contribution >= 0.6 is 0 Å². The van der Waals surface area contributed by atoms with Crippen LogP contribution in [-0.2, 0) is 0 Å². The summed E-state index contributed by atoms with van der Waals surface area (Å²) in [6.07, 6.45) is 0.856. The number of hydrogen-bond donors (Lipinski definition) is 1.